The highest BCUT2D eigenvalue weighted by Gasteiger charge is 2.43. The van der Waals surface area contributed by atoms with E-state index in [1.54, 1.807) is 28.0 Å². The second-order valence-electron chi connectivity index (χ2n) is 15.0. The van der Waals surface area contributed by atoms with Crippen molar-refractivity contribution in [2.45, 2.75) is 51.0 Å². The fraction of sp³-hybridized carbons (Fsp3) is 0.356. The molecule has 0 spiro atoms. The molecule has 3 aliphatic rings. The molecule has 5 N–H and O–H groups in total. The topological polar surface area (TPSA) is 159 Å². The summed E-state index contributed by atoms with van der Waals surface area (Å²) in [6, 6.07) is 30.4. The second-order valence-corrected chi connectivity index (χ2v) is 15.0. The van der Waals surface area contributed by atoms with Crippen LogP contribution in [0, 0.1) is 5.92 Å². The molecule has 3 aliphatic heterocycles. The van der Waals surface area contributed by atoms with Crippen molar-refractivity contribution in [2.24, 2.45) is 5.92 Å². The average Bonchev–Trinajstić information content (AvgIpc) is 3.24. The van der Waals surface area contributed by atoms with Crippen LogP contribution in [0.5, 0.6) is 11.5 Å². The van der Waals surface area contributed by atoms with Crippen LogP contribution in [0.15, 0.2) is 108 Å². The number of carbonyl (C=O) groups is 2. The number of ether oxygens (including phenoxy) is 1. The first-order valence-electron chi connectivity index (χ1n) is 19.8. The Labute approximate surface area is 332 Å². The van der Waals surface area contributed by atoms with Gasteiger partial charge in [0, 0.05) is 43.2 Å². The summed E-state index contributed by atoms with van der Waals surface area (Å²) < 4.78 is 6.30. The molecular weight excluding hydrogens is 723 g/mol. The number of rotatable bonds is 16. The SMILES string of the molecule is CCN(CCCNC[C@H](O)c1ccc(O)c2[nH]c(=O)ccc12)C(=O)c1cccc(COc2cccc([C@H](c3ccccc3)N(C(=O)O)[C@H]3CN4CCC3CC4)c2)c1. The summed E-state index contributed by atoms with van der Waals surface area (Å²) in [7, 11) is 0. The van der Waals surface area contributed by atoms with Crippen molar-refractivity contribution in [1.82, 2.24) is 25.0 Å². The fourth-order valence-electron chi connectivity index (χ4n) is 8.46. The molecule has 0 unspecified atom stereocenters. The molecule has 0 aliphatic carbocycles. The molecule has 2 bridgehead atoms. The van der Waals surface area contributed by atoms with Crippen LogP contribution in [-0.2, 0) is 6.61 Å². The molecule has 4 heterocycles. The maximum absolute atomic E-state index is 13.6. The van der Waals surface area contributed by atoms with Crippen LogP contribution >= 0.6 is 0 Å². The van der Waals surface area contributed by atoms with Crippen LogP contribution in [0.3, 0.4) is 0 Å². The minimum atomic E-state index is -0.925. The maximum Gasteiger partial charge on any atom is 0.408 e. The molecule has 2 amide bonds. The van der Waals surface area contributed by atoms with E-state index in [4.69, 9.17) is 4.74 Å². The Kier molecular flexibility index (Phi) is 12.5. The van der Waals surface area contributed by atoms with Gasteiger partial charge in [0.2, 0.25) is 5.56 Å². The normalized spacial score (nSPS) is 18.5. The first kappa shape index (κ1) is 39.5. The average molecular weight is 774 g/mol. The number of nitrogens with zero attached hydrogens (tertiary/aromatic N) is 3. The van der Waals surface area contributed by atoms with Crippen LogP contribution in [0.25, 0.3) is 10.9 Å². The van der Waals surface area contributed by atoms with Crippen molar-refractivity contribution in [1.29, 1.82) is 0 Å². The van der Waals surface area contributed by atoms with Gasteiger partial charge in [-0.05, 0) is 110 Å². The Hall–Kier alpha value is -5.69. The van der Waals surface area contributed by atoms with Gasteiger partial charge >= 0.3 is 6.09 Å². The number of aliphatic hydroxyl groups excluding tert-OH is 1. The molecule has 4 aromatic carbocycles. The molecule has 3 atom stereocenters. The largest absolute Gasteiger partial charge is 0.506 e. The molecule has 0 saturated carbocycles. The lowest BCUT2D eigenvalue weighted by Gasteiger charge is -2.50. The first-order chi connectivity index (χ1) is 27.7. The number of pyridine rings is 1. The van der Waals surface area contributed by atoms with Crippen LogP contribution in [-0.4, -0.2) is 98.9 Å². The van der Waals surface area contributed by atoms with E-state index in [0.717, 1.165) is 49.2 Å². The molecule has 1 aromatic heterocycles. The Bertz CT molecular complexity index is 2220. The van der Waals surface area contributed by atoms with E-state index in [2.05, 4.69) is 15.2 Å². The van der Waals surface area contributed by atoms with Gasteiger partial charge in [-0.25, -0.2) is 4.79 Å². The van der Waals surface area contributed by atoms with Crippen LogP contribution < -0.4 is 15.6 Å². The molecule has 12 heteroatoms. The lowest BCUT2D eigenvalue weighted by Crippen LogP contribution is -2.59. The zero-order chi connectivity index (χ0) is 39.9. The molecule has 5 aromatic rings. The van der Waals surface area contributed by atoms with Crippen molar-refractivity contribution < 1.29 is 29.6 Å². The number of aromatic nitrogens is 1. The van der Waals surface area contributed by atoms with Crippen molar-refractivity contribution in [3.05, 3.63) is 141 Å². The quantitative estimate of drug-likeness (QED) is 0.0742. The number of carboxylic acid groups (broad SMARTS) is 1. The molecule has 3 fully saturated rings. The Morgan fingerprint density at radius 3 is 2.46 bits per heavy atom. The number of aliphatic hydroxyl groups is 1. The highest BCUT2D eigenvalue weighted by molar-refractivity contribution is 5.94. The Balaban J connectivity index is 0.961. The predicted molar refractivity (Wildman–Crippen MR) is 219 cm³/mol. The van der Waals surface area contributed by atoms with Gasteiger partial charge < -0.3 is 40.2 Å². The third-order valence-corrected chi connectivity index (χ3v) is 11.4. The number of phenols is 1. The summed E-state index contributed by atoms with van der Waals surface area (Å²) in [5.41, 5.74) is 3.70. The fourth-order valence-corrected chi connectivity index (χ4v) is 8.46. The van der Waals surface area contributed by atoms with E-state index in [9.17, 15) is 29.7 Å². The summed E-state index contributed by atoms with van der Waals surface area (Å²) in [6.45, 7) is 6.84. The Morgan fingerprint density at radius 2 is 1.72 bits per heavy atom. The molecule has 8 rings (SSSR count). The number of aromatic amines is 1. The zero-order valence-corrected chi connectivity index (χ0v) is 32.2. The smallest absolute Gasteiger partial charge is 0.408 e. The van der Waals surface area contributed by atoms with E-state index in [0.29, 0.717) is 54.2 Å². The van der Waals surface area contributed by atoms with E-state index in [1.807, 2.05) is 79.7 Å². The molecular formula is C45H51N5O7. The van der Waals surface area contributed by atoms with E-state index < -0.39 is 18.2 Å². The number of amides is 2. The molecule has 298 valence electrons. The molecule has 57 heavy (non-hydrogen) atoms. The predicted octanol–water partition coefficient (Wildman–Crippen LogP) is 6.15. The van der Waals surface area contributed by atoms with Crippen LogP contribution in [0.1, 0.15) is 70.9 Å². The number of aromatic hydroxyl groups is 1. The van der Waals surface area contributed by atoms with E-state index >= 15 is 0 Å². The number of hydrogen-bond acceptors (Lipinski definition) is 8. The second kappa shape index (κ2) is 18.1. The summed E-state index contributed by atoms with van der Waals surface area (Å²) in [4.78, 5) is 46.9. The van der Waals surface area contributed by atoms with Crippen molar-refractivity contribution in [2.75, 3.05) is 45.8 Å². The minimum absolute atomic E-state index is 0.0583. The zero-order valence-electron chi connectivity index (χ0n) is 32.2. The minimum Gasteiger partial charge on any atom is -0.506 e. The third kappa shape index (κ3) is 9.15. The number of H-pyrrole nitrogens is 1. The van der Waals surface area contributed by atoms with Gasteiger partial charge in [0.25, 0.3) is 5.91 Å². The van der Waals surface area contributed by atoms with Crippen molar-refractivity contribution in [3.8, 4) is 11.5 Å². The van der Waals surface area contributed by atoms with Crippen molar-refractivity contribution >= 4 is 22.9 Å². The lowest BCUT2D eigenvalue weighted by atomic mass is 9.81. The van der Waals surface area contributed by atoms with E-state index in [-0.39, 0.29) is 41.9 Å². The van der Waals surface area contributed by atoms with Crippen LogP contribution in [0.4, 0.5) is 4.79 Å². The number of benzene rings is 4. The van der Waals surface area contributed by atoms with Gasteiger partial charge in [-0.1, -0.05) is 60.7 Å². The maximum atomic E-state index is 13.6. The van der Waals surface area contributed by atoms with Crippen molar-refractivity contribution in [3.63, 3.8) is 0 Å². The molecule has 3 saturated heterocycles. The monoisotopic (exact) mass is 773 g/mol. The van der Waals surface area contributed by atoms with E-state index in [1.165, 1.54) is 12.1 Å². The van der Waals surface area contributed by atoms with Gasteiger partial charge in [0.15, 0.2) is 0 Å². The van der Waals surface area contributed by atoms with Crippen LogP contribution in [0.2, 0.25) is 0 Å². The number of piperidine rings is 3. The third-order valence-electron chi connectivity index (χ3n) is 11.4. The highest BCUT2D eigenvalue weighted by Crippen LogP contribution is 2.39. The van der Waals surface area contributed by atoms with Gasteiger partial charge in [0.1, 0.15) is 18.1 Å². The van der Waals surface area contributed by atoms with Gasteiger partial charge in [0.05, 0.1) is 23.7 Å². The lowest BCUT2D eigenvalue weighted by molar-refractivity contribution is -0.000814. The Morgan fingerprint density at radius 1 is 0.947 bits per heavy atom. The van der Waals surface area contributed by atoms with Gasteiger partial charge in [-0.3, -0.25) is 14.5 Å². The summed E-state index contributed by atoms with van der Waals surface area (Å²) in [5, 5.41) is 35.5. The first-order valence-corrected chi connectivity index (χ1v) is 19.8. The number of nitrogens with one attached hydrogen (secondary N) is 2. The molecule has 0 radical (unpaired) electrons. The number of fused-ring (bicyclic) bond motifs is 4. The number of carbonyl (C=O) groups excluding carboxylic acids is 1. The number of phenolic OH excluding ortho intramolecular Hbond substituents is 1. The van der Waals surface area contributed by atoms with Gasteiger partial charge in [-0.2, -0.15) is 0 Å². The number of hydrogen-bond donors (Lipinski definition) is 5. The summed E-state index contributed by atoms with van der Waals surface area (Å²) in [5.74, 6) is 0.807. The molecule has 12 nitrogen and oxygen atoms in total. The standard InChI is InChI=1S/C45H51N5O7/c1-2-49(22-8-21-46-27-40(52)36-15-17-39(51)42-37(36)16-18-41(53)47-42)44(54)34-13-6-9-30(25-34)29-57-35-14-7-12-33(26-35)43(32-10-4-3-5-11-32)50(45(55)56)38-28-48-23-19-31(38)20-24-48/h3-7,9-18,25-26,31,38,40,43,46,51-52H,2,8,19-24,27-29H2,1H3,(H,47,53)(H,55,56)/t38-,40-,43-/m0/s1. The summed E-state index contributed by atoms with van der Waals surface area (Å²) in [6.07, 6.45) is 0.886. The van der Waals surface area contributed by atoms with Gasteiger partial charge in [-0.15, -0.1) is 0 Å². The summed E-state index contributed by atoms with van der Waals surface area (Å²) >= 11 is 0. The highest BCUT2D eigenvalue weighted by atomic mass is 16.5.